The molecule has 4 heteroatoms. The fourth-order valence-electron chi connectivity index (χ4n) is 0.164. The van der Waals surface area contributed by atoms with Crippen molar-refractivity contribution in [3.63, 3.8) is 0 Å². The van der Waals surface area contributed by atoms with Gasteiger partial charge in [-0.1, -0.05) is 15.9 Å². The van der Waals surface area contributed by atoms with Crippen molar-refractivity contribution in [1.82, 2.24) is 0 Å². The Labute approximate surface area is 54.1 Å². The van der Waals surface area contributed by atoms with E-state index in [0.717, 1.165) is 0 Å². The Kier molecular flexibility index (Phi) is 2.97. The van der Waals surface area contributed by atoms with Crippen LogP contribution in [-0.2, 0) is 0 Å². The lowest BCUT2D eigenvalue weighted by Crippen LogP contribution is -1.92. The maximum Gasteiger partial charge on any atom is 0.303 e. The van der Waals surface area contributed by atoms with Gasteiger partial charge < -0.3 is 5.11 Å². The molecule has 0 aromatic carbocycles. The molecular weight excluding hydrogens is 182 g/mol. The van der Waals surface area contributed by atoms with Gasteiger partial charge in [0.25, 0.3) is 0 Å². The van der Waals surface area contributed by atoms with Crippen LogP contribution >= 0.6 is 15.9 Å². The minimum Gasteiger partial charge on any atom is -0.485 e. The van der Waals surface area contributed by atoms with Gasteiger partial charge in [0.1, 0.15) is 0 Å². The third-order valence-electron chi connectivity index (χ3n) is 0.546. The smallest absolute Gasteiger partial charge is 0.303 e. The molecule has 0 aromatic heterocycles. The van der Waals surface area contributed by atoms with Crippen molar-refractivity contribution in [3.05, 3.63) is 11.8 Å². The van der Waals surface area contributed by atoms with Crippen LogP contribution < -0.4 is 0 Å². The average molecular weight is 187 g/mol. The Hall–Kier alpha value is -0.120. The molecule has 1 atom stereocenters. The Morgan fingerprint density at radius 2 is 2.00 bits per heavy atom. The zero-order valence-corrected chi connectivity index (χ0v) is 5.74. The molecule has 0 aliphatic heterocycles. The molecule has 0 fully saturated rings. The minimum absolute atomic E-state index is 0.757. The monoisotopic (exact) mass is 186 g/mol. The van der Waals surface area contributed by atoms with Gasteiger partial charge in [0.15, 0.2) is 5.83 Å². The van der Waals surface area contributed by atoms with Crippen molar-refractivity contribution in [2.45, 2.75) is 11.8 Å². The highest BCUT2D eigenvalue weighted by Gasteiger charge is 2.08. The van der Waals surface area contributed by atoms with E-state index in [1.54, 1.807) is 0 Å². The zero-order chi connectivity index (χ0) is 6.73. The Morgan fingerprint density at radius 3 is 2.00 bits per heavy atom. The molecule has 0 rings (SSSR count). The Bertz CT molecular complexity index is 107. The van der Waals surface area contributed by atoms with E-state index < -0.39 is 16.7 Å². The zero-order valence-electron chi connectivity index (χ0n) is 4.16. The van der Waals surface area contributed by atoms with Crippen molar-refractivity contribution in [1.29, 1.82) is 0 Å². The Morgan fingerprint density at radius 1 is 1.62 bits per heavy atom. The molecule has 0 spiro atoms. The summed E-state index contributed by atoms with van der Waals surface area (Å²) in [5.41, 5.74) is 0. The van der Waals surface area contributed by atoms with Crippen LogP contribution in [0.3, 0.4) is 0 Å². The average Bonchev–Trinajstić information content (AvgIpc) is 1.64. The van der Waals surface area contributed by atoms with Crippen molar-refractivity contribution in [3.8, 4) is 0 Å². The second-order valence-corrected chi connectivity index (χ2v) is 2.63. The van der Waals surface area contributed by atoms with E-state index >= 15 is 0 Å². The summed E-state index contributed by atoms with van der Waals surface area (Å²) >= 11 is 2.71. The molecule has 0 aromatic rings. The van der Waals surface area contributed by atoms with E-state index in [-0.39, 0.29) is 0 Å². The molecule has 0 aliphatic rings. The quantitative estimate of drug-likeness (QED) is 0.493. The van der Waals surface area contributed by atoms with E-state index in [0.29, 0.717) is 0 Å². The molecule has 0 amide bonds. The van der Waals surface area contributed by atoms with Gasteiger partial charge in [-0.3, -0.25) is 0 Å². The third kappa shape index (κ3) is 2.26. The lowest BCUT2D eigenvalue weighted by atomic mass is 10.4. The molecule has 1 nitrogen and oxygen atoms in total. The second kappa shape index (κ2) is 3.02. The summed E-state index contributed by atoms with van der Waals surface area (Å²) in [5.74, 6) is -1.18. The lowest BCUT2D eigenvalue weighted by Gasteiger charge is -1.94. The number of hydrogen-bond acceptors (Lipinski definition) is 1. The van der Waals surface area contributed by atoms with Gasteiger partial charge in [-0.25, -0.2) is 4.39 Å². The number of aliphatic hydroxyl groups is 1. The van der Waals surface area contributed by atoms with Crippen LogP contribution in [-0.4, -0.2) is 9.93 Å². The standard InChI is InChI=1S/C4H5BrF2O/c1-2(5)3(6)4(7)8/h2,8H,1H3. The van der Waals surface area contributed by atoms with Crippen molar-refractivity contribution in [2.24, 2.45) is 0 Å². The molecule has 0 radical (unpaired) electrons. The van der Waals surface area contributed by atoms with Gasteiger partial charge in [0.2, 0.25) is 0 Å². The largest absolute Gasteiger partial charge is 0.485 e. The summed E-state index contributed by atoms with van der Waals surface area (Å²) in [6, 6.07) is -1.76. The van der Waals surface area contributed by atoms with Crippen LogP contribution in [0.4, 0.5) is 8.78 Å². The van der Waals surface area contributed by atoms with Crippen LogP contribution in [0, 0.1) is 0 Å². The first-order valence-electron chi connectivity index (χ1n) is 1.94. The third-order valence-corrected chi connectivity index (χ3v) is 0.948. The van der Waals surface area contributed by atoms with Crippen LogP contribution in [0.2, 0.25) is 0 Å². The fraction of sp³-hybridized carbons (Fsp3) is 0.500. The summed E-state index contributed by atoms with van der Waals surface area (Å²) in [6.45, 7) is 1.37. The molecule has 0 saturated heterocycles. The SMILES string of the molecule is CC(Br)C(F)=C(O)F. The minimum atomic E-state index is -1.76. The van der Waals surface area contributed by atoms with Gasteiger partial charge in [-0.15, -0.1) is 0 Å². The number of allylic oxidation sites excluding steroid dienone is 1. The normalized spacial score (nSPS) is 17.5. The van der Waals surface area contributed by atoms with Crippen LogP contribution in [0.25, 0.3) is 0 Å². The van der Waals surface area contributed by atoms with E-state index in [9.17, 15) is 8.78 Å². The number of halogens is 3. The Balaban J connectivity index is 4.00. The predicted octanol–water partition coefficient (Wildman–Crippen LogP) is 2.44. The number of rotatable bonds is 1. The molecule has 8 heavy (non-hydrogen) atoms. The number of alkyl halides is 1. The second-order valence-electron chi connectivity index (χ2n) is 1.25. The summed E-state index contributed by atoms with van der Waals surface area (Å²) < 4.78 is 23.2. The van der Waals surface area contributed by atoms with Crippen LogP contribution in [0.5, 0.6) is 0 Å². The van der Waals surface area contributed by atoms with Crippen molar-refractivity contribution in [2.75, 3.05) is 0 Å². The van der Waals surface area contributed by atoms with E-state index in [4.69, 9.17) is 5.11 Å². The fourth-order valence-corrected chi connectivity index (χ4v) is 0.353. The van der Waals surface area contributed by atoms with Crippen molar-refractivity contribution >= 4 is 15.9 Å². The van der Waals surface area contributed by atoms with Gasteiger partial charge in [0, 0.05) is 0 Å². The molecule has 0 heterocycles. The highest BCUT2D eigenvalue weighted by molar-refractivity contribution is 9.09. The van der Waals surface area contributed by atoms with Gasteiger partial charge in [0.05, 0.1) is 4.83 Å². The van der Waals surface area contributed by atoms with E-state index in [1.165, 1.54) is 6.92 Å². The topological polar surface area (TPSA) is 20.2 Å². The molecule has 48 valence electrons. The van der Waals surface area contributed by atoms with Gasteiger partial charge >= 0.3 is 6.01 Å². The number of aliphatic hydroxyl groups excluding tert-OH is 1. The van der Waals surface area contributed by atoms with E-state index in [1.807, 2.05) is 0 Å². The van der Waals surface area contributed by atoms with Crippen molar-refractivity contribution < 1.29 is 13.9 Å². The summed E-state index contributed by atoms with van der Waals surface area (Å²) in [4.78, 5) is -0.757. The first-order valence-corrected chi connectivity index (χ1v) is 2.85. The highest BCUT2D eigenvalue weighted by Crippen LogP contribution is 2.15. The van der Waals surface area contributed by atoms with Gasteiger partial charge in [-0.2, -0.15) is 4.39 Å². The molecule has 0 aliphatic carbocycles. The first-order chi connectivity index (χ1) is 3.55. The van der Waals surface area contributed by atoms with E-state index in [2.05, 4.69) is 15.9 Å². The molecular formula is C4H5BrF2O. The summed E-state index contributed by atoms with van der Waals surface area (Å²) in [6.07, 6.45) is 0. The van der Waals surface area contributed by atoms with Crippen LogP contribution in [0.1, 0.15) is 6.92 Å². The summed E-state index contributed by atoms with van der Waals surface area (Å²) in [5, 5.41) is 7.80. The lowest BCUT2D eigenvalue weighted by molar-refractivity contribution is 0.257. The summed E-state index contributed by atoms with van der Waals surface area (Å²) in [7, 11) is 0. The highest BCUT2D eigenvalue weighted by atomic mass is 79.9. The molecule has 1 unspecified atom stereocenters. The number of hydrogen-bond donors (Lipinski definition) is 1. The predicted molar refractivity (Wildman–Crippen MR) is 30.3 cm³/mol. The molecule has 0 saturated carbocycles. The van der Waals surface area contributed by atoms with Gasteiger partial charge in [-0.05, 0) is 6.92 Å². The molecule has 1 N–H and O–H groups in total. The maximum atomic E-state index is 11.9. The maximum absolute atomic E-state index is 11.9. The van der Waals surface area contributed by atoms with Crippen LogP contribution in [0.15, 0.2) is 11.8 Å². The first kappa shape index (κ1) is 7.88. The molecule has 0 bridgehead atoms.